The average Bonchev–Trinajstić information content (AvgIpc) is 2.21. The number of phenols is 1. The van der Waals surface area contributed by atoms with Gasteiger partial charge < -0.3 is 15.5 Å². The van der Waals surface area contributed by atoms with Gasteiger partial charge in [-0.3, -0.25) is 0 Å². The van der Waals surface area contributed by atoms with Crippen LogP contribution in [0.2, 0.25) is 0 Å². The van der Waals surface area contributed by atoms with Crippen LogP contribution < -0.4 is 5.32 Å². The molecule has 1 rings (SSSR count). The summed E-state index contributed by atoms with van der Waals surface area (Å²) in [6.45, 7) is 1.75. The summed E-state index contributed by atoms with van der Waals surface area (Å²) in [4.78, 5) is 0. The van der Waals surface area contributed by atoms with Crippen molar-refractivity contribution in [3.05, 3.63) is 23.5 Å². The lowest BCUT2D eigenvalue weighted by molar-refractivity contribution is 0.211. The third kappa shape index (κ3) is 3.25. The average molecular weight is 234 g/mol. The van der Waals surface area contributed by atoms with E-state index in [1.165, 1.54) is 12.1 Å². The molecule has 84 valence electrons. The van der Waals surface area contributed by atoms with Crippen LogP contribution in [0.15, 0.2) is 12.1 Å². The molecule has 5 heteroatoms. The van der Waals surface area contributed by atoms with Crippen molar-refractivity contribution in [3.63, 3.8) is 0 Å². The van der Waals surface area contributed by atoms with Crippen LogP contribution in [0.25, 0.3) is 0 Å². The Hall–Kier alpha value is -1.00. The van der Waals surface area contributed by atoms with E-state index in [0.717, 1.165) is 0 Å². The molecule has 0 amide bonds. The van der Waals surface area contributed by atoms with E-state index in [1.54, 1.807) is 6.92 Å². The fraction of sp³-hybridized carbons (Fsp3) is 0.400. The van der Waals surface area contributed by atoms with Crippen LogP contribution >= 0.6 is 11.6 Å². The predicted molar refractivity (Wildman–Crippen MR) is 58.0 cm³/mol. The second-order valence-electron chi connectivity index (χ2n) is 3.31. The van der Waals surface area contributed by atoms with Crippen LogP contribution in [0, 0.1) is 12.7 Å². The minimum absolute atomic E-state index is 0.0132. The largest absolute Gasteiger partial charge is 0.508 e. The molecule has 0 heterocycles. The zero-order chi connectivity index (χ0) is 11.4. The highest BCUT2D eigenvalue weighted by Crippen LogP contribution is 2.24. The number of aromatic hydroxyl groups is 1. The van der Waals surface area contributed by atoms with Crippen molar-refractivity contribution in [1.82, 2.24) is 0 Å². The van der Waals surface area contributed by atoms with Gasteiger partial charge in [-0.05, 0) is 18.6 Å². The zero-order valence-corrected chi connectivity index (χ0v) is 9.05. The highest BCUT2D eigenvalue weighted by molar-refractivity contribution is 6.18. The number of aryl methyl sites for hydroxylation is 1. The molecule has 0 aliphatic rings. The van der Waals surface area contributed by atoms with E-state index >= 15 is 0 Å². The lowest BCUT2D eigenvalue weighted by atomic mass is 10.2. The van der Waals surface area contributed by atoms with Gasteiger partial charge in [0.2, 0.25) is 0 Å². The molecule has 1 atom stereocenters. The minimum atomic E-state index is -0.741. The third-order valence-electron chi connectivity index (χ3n) is 1.99. The smallest absolute Gasteiger partial charge is 0.146 e. The number of rotatable bonds is 4. The van der Waals surface area contributed by atoms with Crippen molar-refractivity contribution < 1.29 is 14.6 Å². The number of hydrogen-bond acceptors (Lipinski definition) is 3. The van der Waals surface area contributed by atoms with Crippen molar-refractivity contribution in [3.8, 4) is 5.75 Å². The Morgan fingerprint density at radius 1 is 1.53 bits per heavy atom. The van der Waals surface area contributed by atoms with Gasteiger partial charge in [0.1, 0.15) is 11.6 Å². The van der Waals surface area contributed by atoms with E-state index in [2.05, 4.69) is 5.32 Å². The minimum Gasteiger partial charge on any atom is -0.508 e. The molecule has 15 heavy (non-hydrogen) atoms. The Kier molecular flexibility index (Phi) is 4.17. The van der Waals surface area contributed by atoms with Crippen LogP contribution in [0.3, 0.4) is 0 Å². The first-order valence-electron chi connectivity index (χ1n) is 4.51. The van der Waals surface area contributed by atoms with Crippen LogP contribution in [0.4, 0.5) is 10.1 Å². The van der Waals surface area contributed by atoms with E-state index in [9.17, 15) is 9.50 Å². The summed E-state index contributed by atoms with van der Waals surface area (Å²) in [7, 11) is 0. The summed E-state index contributed by atoms with van der Waals surface area (Å²) in [5.74, 6) is -0.377. The standard InChI is InChI=1S/C10H13ClFNO2/c1-6-2-8(12)9(3-10(6)15)13-5-7(14)4-11/h2-3,7,13-15H,4-5H2,1H3. The topological polar surface area (TPSA) is 52.5 Å². The van der Waals surface area contributed by atoms with Crippen LogP contribution in [-0.4, -0.2) is 28.7 Å². The molecule has 3 N–H and O–H groups in total. The summed E-state index contributed by atoms with van der Waals surface area (Å²) in [6.07, 6.45) is -0.741. The lowest BCUT2D eigenvalue weighted by Gasteiger charge is -2.11. The van der Waals surface area contributed by atoms with E-state index < -0.39 is 11.9 Å². The monoisotopic (exact) mass is 233 g/mol. The fourth-order valence-electron chi connectivity index (χ4n) is 1.08. The highest BCUT2D eigenvalue weighted by atomic mass is 35.5. The van der Waals surface area contributed by atoms with E-state index in [1.807, 2.05) is 0 Å². The molecule has 1 aromatic rings. The van der Waals surface area contributed by atoms with Gasteiger partial charge in [0.25, 0.3) is 0 Å². The van der Waals surface area contributed by atoms with Crippen molar-refractivity contribution in [2.24, 2.45) is 0 Å². The molecule has 3 nitrogen and oxygen atoms in total. The number of anilines is 1. The first kappa shape index (κ1) is 12.1. The van der Waals surface area contributed by atoms with Gasteiger partial charge in [-0.25, -0.2) is 4.39 Å². The van der Waals surface area contributed by atoms with E-state index in [-0.39, 0.29) is 23.9 Å². The van der Waals surface area contributed by atoms with Gasteiger partial charge in [-0.2, -0.15) is 0 Å². The van der Waals surface area contributed by atoms with E-state index in [4.69, 9.17) is 16.7 Å². The molecule has 0 aliphatic heterocycles. The number of halogens is 2. The molecule has 0 fully saturated rings. The first-order chi connectivity index (χ1) is 7.04. The Morgan fingerprint density at radius 3 is 2.80 bits per heavy atom. The maximum Gasteiger partial charge on any atom is 0.146 e. The van der Waals surface area contributed by atoms with Gasteiger partial charge in [0.15, 0.2) is 0 Å². The summed E-state index contributed by atoms with van der Waals surface area (Å²) >= 11 is 5.38. The molecule has 0 radical (unpaired) electrons. The van der Waals surface area contributed by atoms with Crippen molar-refractivity contribution in [2.45, 2.75) is 13.0 Å². The quantitative estimate of drug-likeness (QED) is 0.696. The maximum atomic E-state index is 13.3. The number of nitrogens with one attached hydrogen (secondary N) is 1. The van der Waals surface area contributed by atoms with Crippen LogP contribution in [0.5, 0.6) is 5.75 Å². The summed E-state index contributed by atoms with van der Waals surface area (Å²) in [6, 6.07) is 2.51. The molecular weight excluding hydrogens is 221 g/mol. The van der Waals surface area contributed by atoms with Gasteiger partial charge in [0.05, 0.1) is 17.7 Å². The van der Waals surface area contributed by atoms with Gasteiger partial charge in [0, 0.05) is 12.6 Å². The SMILES string of the molecule is Cc1cc(F)c(NCC(O)CCl)cc1O. The summed E-state index contributed by atoms with van der Waals surface area (Å²) in [5, 5.41) is 21.2. The molecule has 1 aromatic carbocycles. The number of benzene rings is 1. The van der Waals surface area contributed by atoms with Gasteiger partial charge in [-0.1, -0.05) is 0 Å². The summed E-state index contributed by atoms with van der Waals surface area (Å²) < 4.78 is 13.3. The van der Waals surface area contributed by atoms with Crippen LogP contribution in [0.1, 0.15) is 5.56 Å². The second-order valence-corrected chi connectivity index (χ2v) is 3.62. The number of alkyl halides is 1. The van der Waals surface area contributed by atoms with Crippen molar-refractivity contribution in [1.29, 1.82) is 0 Å². The van der Waals surface area contributed by atoms with Crippen molar-refractivity contribution >= 4 is 17.3 Å². The molecule has 0 aliphatic carbocycles. The molecule has 0 aromatic heterocycles. The lowest BCUT2D eigenvalue weighted by Crippen LogP contribution is -2.21. The number of aliphatic hydroxyl groups is 1. The molecule has 0 bridgehead atoms. The maximum absolute atomic E-state index is 13.3. The zero-order valence-electron chi connectivity index (χ0n) is 8.30. The molecule has 0 saturated heterocycles. The highest BCUT2D eigenvalue weighted by Gasteiger charge is 2.08. The van der Waals surface area contributed by atoms with Gasteiger partial charge in [-0.15, -0.1) is 11.6 Å². The molecular formula is C10H13ClFNO2. The number of hydrogen-bond donors (Lipinski definition) is 3. The Morgan fingerprint density at radius 2 is 2.20 bits per heavy atom. The second kappa shape index (κ2) is 5.19. The Labute approximate surface area is 92.5 Å². The first-order valence-corrected chi connectivity index (χ1v) is 5.05. The summed E-state index contributed by atoms with van der Waals surface area (Å²) in [5.41, 5.74) is 0.623. The number of phenolic OH excluding ortho intramolecular Hbond substituents is 1. The molecule has 0 saturated carbocycles. The Bertz CT molecular complexity index is 346. The normalized spacial score (nSPS) is 12.5. The predicted octanol–water partition coefficient (Wildman–Crippen LogP) is 1.85. The fourth-order valence-corrected chi connectivity index (χ4v) is 1.19. The van der Waals surface area contributed by atoms with E-state index in [0.29, 0.717) is 5.56 Å². The molecule has 0 spiro atoms. The third-order valence-corrected chi connectivity index (χ3v) is 2.35. The van der Waals surface area contributed by atoms with Crippen LogP contribution in [-0.2, 0) is 0 Å². The molecule has 1 unspecified atom stereocenters. The van der Waals surface area contributed by atoms with Crippen molar-refractivity contribution in [2.75, 3.05) is 17.7 Å². The van der Waals surface area contributed by atoms with Gasteiger partial charge >= 0.3 is 0 Å². The Balaban J connectivity index is 2.73. The number of aliphatic hydroxyl groups excluding tert-OH is 1.